The maximum Gasteiger partial charge on any atom is 0.238 e. The van der Waals surface area contributed by atoms with Gasteiger partial charge in [-0.15, -0.1) is 0 Å². The molecule has 1 atom stereocenters. The van der Waals surface area contributed by atoms with Gasteiger partial charge in [-0.1, -0.05) is 6.92 Å². The summed E-state index contributed by atoms with van der Waals surface area (Å²) in [4.78, 5) is 29.1. The van der Waals surface area contributed by atoms with Crippen LogP contribution in [0.25, 0.3) is 0 Å². The maximum atomic E-state index is 12.9. The number of hydrogen-bond donors (Lipinski definition) is 0. The van der Waals surface area contributed by atoms with Gasteiger partial charge in [0.05, 0.1) is 11.5 Å². The highest BCUT2D eigenvalue weighted by Gasteiger charge is 2.59. The normalized spacial score (nSPS) is 29.3. The largest absolute Gasteiger partial charge is 0.342 e. The van der Waals surface area contributed by atoms with Crippen LogP contribution in [0.15, 0.2) is 0 Å². The lowest BCUT2D eigenvalue weighted by Gasteiger charge is -2.34. The van der Waals surface area contributed by atoms with Crippen molar-refractivity contribution in [1.82, 2.24) is 9.80 Å². The Bertz CT molecular complexity index is 604. The fraction of sp³-hybridized carbons (Fsp3) is 0.875. The molecule has 7 heteroatoms. The molecule has 2 amide bonds. The average molecular weight is 342 g/mol. The van der Waals surface area contributed by atoms with E-state index in [2.05, 4.69) is 6.92 Å². The molecule has 6 nitrogen and oxygen atoms in total. The second-order valence-corrected chi connectivity index (χ2v) is 9.76. The lowest BCUT2D eigenvalue weighted by Crippen LogP contribution is -2.50. The molecule has 1 saturated carbocycles. The molecule has 0 aromatic carbocycles. The minimum atomic E-state index is -3.04. The summed E-state index contributed by atoms with van der Waals surface area (Å²) in [7, 11) is -1.38. The Labute approximate surface area is 138 Å². The van der Waals surface area contributed by atoms with Gasteiger partial charge in [-0.2, -0.15) is 0 Å². The van der Waals surface area contributed by atoms with Crippen molar-refractivity contribution in [2.45, 2.75) is 45.1 Å². The predicted molar refractivity (Wildman–Crippen MR) is 86.5 cm³/mol. The zero-order valence-electron chi connectivity index (χ0n) is 14.0. The van der Waals surface area contributed by atoms with Crippen LogP contribution in [0.2, 0.25) is 0 Å². The van der Waals surface area contributed by atoms with Crippen molar-refractivity contribution in [3.05, 3.63) is 0 Å². The standard InChI is InChI=1S/C16H26N2O4S/c1-12-3-8-18(9-4-12)15(20)16(6-7-16)14(19)17(2)13-5-10-23(21,22)11-13/h12-13H,3-11H2,1-2H3. The lowest BCUT2D eigenvalue weighted by atomic mass is 9.96. The first-order valence-electron chi connectivity index (χ1n) is 8.52. The van der Waals surface area contributed by atoms with E-state index in [0.717, 1.165) is 25.9 Å². The highest BCUT2D eigenvalue weighted by molar-refractivity contribution is 7.91. The number of hydrogen-bond acceptors (Lipinski definition) is 4. The van der Waals surface area contributed by atoms with Gasteiger partial charge in [-0.05, 0) is 38.0 Å². The molecule has 2 heterocycles. The monoisotopic (exact) mass is 342 g/mol. The van der Waals surface area contributed by atoms with Crippen molar-refractivity contribution in [2.75, 3.05) is 31.6 Å². The molecule has 0 aromatic heterocycles. The van der Waals surface area contributed by atoms with E-state index in [1.807, 2.05) is 4.90 Å². The van der Waals surface area contributed by atoms with Gasteiger partial charge in [0.2, 0.25) is 11.8 Å². The van der Waals surface area contributed by atoms with Crippen LogP contribution in [0.3, 0.4) is 0 Å². The topological polar surface area (TPSA) is 74.8 Å². The smallest absolute Gasteiger partial charge is 0.238 e. The minimum absolute atomic E-state index is 0.0285. The van der Waals surface area contributed by atoms with Crippen LogP contribution in [-0.2, 0) is 19.4 Å². The highest BCUT2D eigenvalue weighted by atomic mass is 32.2. The third-order valence-electron chi connectivity index (χ3n) is 5.72. The van der Waals surface area contributed by atoms with E-state index in [1.165, 1.54) is 4.90 Å². The third-order valence-corrected chi connectivity index (χ3v) is 7.47. The number of piperidine rings is 1. The van der Waals surface area contributed by atoms with Gasteiger partial charge >= 0.3 is 0 Å². The lowest BCUT2D eigenvalue weighted by molar-refractivity contribution is -0.150. The van der Waals surface area contributed by atoms with Crippen molar-refractivity contribution >= 4 is 21.7 Å². The Hall–Kier alpha value is -1.11. The van der Waals surface area contributed by atoms with Gasteiger partial charge < -0.3 is 9.80 Å². The number of carbonyl (C=O) groups is 2. The fourth-order valence-electron chi connectivity index (χ4n) is 3.74. The van der Waals surface area contributed by atoms with E-state index in [0.29, 0.717) is 25.2 Å². The second kappa shape index (κ2) is 5.76. The molecule has 23 heavy (non-hydrogen) atoms. The molecule has 0 bridgehead atoms. The van der Waals surface area contributed by atoms with Gasteiger partial charge in [0.1, 0.15) is 5.41 Å². The molecule has 1 unspecified atom stereocenters. The molecule has 3 fully saturated rings. The molecular formula is C16H26N2O4S. The summed E-state index contributed by atoms with van der Waals surface area (Å²) in [6.45, 7) is 3.65. The summed E-state index contributed by atoms with van der Waals surface area (Å²) in [6, 6.07) is -0.279. The van der Waals surface area contributed by atoms with Crippen LogP contribution >= 0.6 is 0 Å². The van der Waals surface area contributed by atoms with Gasteiger partial charge in [-0.3, -0.25) is 9.59 Å². The van der Waals surface area contributed by atoms with Crippen LogP contribution in [0.5, 0.6) is 0 Å². The number of carbonyl (C=O) groups excluding carboxylic acids is 2. The summed E-state index contributed by atoms with van der Waals surface area (Å²) in [5.41, 5.74) is -0.901. The summed E-state index contributed by atoms with van der Waals surface area (Å²) < 4.78 is 23.3. The molecular weight excluding hydrogens is 316 g/mol. The number of amides is 2. The molecule has 0 aromatic rings. The zero-order valence-corrected chi connectivity index (χ0v) is 14.8. The van der Waals surface area contributed by atoms with Gasteiger partial charge in [-0.25, -0.2) is 8.42 Å². The third kappa shape index (κ3) is 3.12. The Morgan fingerprint density at radius 1 is 1.13 bits per heavy atom. The summed E-state index contributed by atoms with van der Waals surface area (Å²) in [6.07, 6.45) is 3.66. The predicted octanol–water partition coefficient (Wildman–Crippen LogP) is 0.671. The Morgan fingerprint density at radius 2 is 1.74 bits per heavy atom. The number of nitrogens with zero attached hydrogens (tertiary/aromatic N) is 2. The van der Waals surface area contributed by atoms with E-state index in [9.17, 15) is 18.0 Å². The summed E-state index contributed by atoms with van der Waals surface area (Å²) in [5.74, 6) is 0.586. The molecule has 1 aliphatic carbocycles. The van der Waals surface area contributed by atoms with Crippen LogP contribution in [0.4, 0.5) is 0 Å². The zero-order chi connectivity index (χ0) is 16.8. The fourth-order valence-corrected chi connectivity index (χ4v) is 5.52. The minimum Gasteiger partial charge on any atom is -0.342 e. The van der Waals surface area contributed by atoms with Crippen molar-refractivity contribution in [3.63, 3.8) is 0 Å². The van der Waals surface area contributed by atoms with Gasteiger partial charge in [0, 0.05) is 26.2 Å². The Balaban J connectivity index is 1.67. The van der Waals surface area contributed by atoms with Crippen LogP contribution < -0.4 is 0 Å². The van der Waals surface area contributed by atoms with E-state index in [4.69, 9.17) is 0 Å². The van der Waals surface area contributed by atoms with Crippen molar-refractivity contribution < 1.29 is 18.0 Å². The van der Waals surface area contributed by atoms with Crippen molar-refractivity contribution in [3.8, 4) is 0 Å². The molecule has 2 saturated heterocycles. The van der Waals surface area contributed by atoms with Crippen LogP contribution in [-0.4, -0.2) is 67.7 Å². The molecule has 0 spiro atoms. The summed E-state index contributed by atoms with van der Waals surface area (Å²) >= 11 is 0. The van der Waals surface area contributed by atoms with E-state index in [1.54, 1.807) is 7.05 Å². The van der Waals surface area contributed by atoms with E-state index >= 15 is 0 Å². The molecule has 2 aliphatic heterocycles. The van der Waals surface area contributed by atoms with Crippen LogP contribution in [0, 0.1) is 11.3 Å². The first kappa shape index (κ1) is 16.7. The first-order valence-corrected chi connectivity index (χ1v) is 10.3. The SMILES string of the molecule is CC1CCN(C(=O)C2(C(=O)N(C)C3CCS(=O)(=O)C3)CC2)CC1. The van der Waals surface area contributed by atoms with E-state index < -0.39 is 15.3 Å². The molecule has 0 radical (unpaired) electrons. The van der Waals surface area contributed by atoms with Gasteiger partial charge in [0.15, 0.2) is 9.84 Å². The first-order chi connectivity index (χ1) is 10.8. The van der Waals surface area contributed by atoms with Crippen molar-refractivity contribution in [2.24, 2.45) is 11.3 Å². The highest BCUT2D eigenvalue weighted by Crippen LogP contribution is 2.49. The molecule has 130 valence electrons. The second-order valence-electron chi connectivity index (χ2n) is 7.53. The number of likely N-dealkylation sites (tertiary alicyclic amines) is 1. The summed E-state index contributed by atoms with van der Waals surface area (Å²) in [5, 5.41) is 0. The quantitative estimate of drug-likeness (QED) is 0.707. The Morgan fingerprint density at radius 3 is 2.22 bits per heavy atom. The molecule has 3 aliphatic rings. The molecule has 3 rings (SSSR count). The van der Waals surface area contributed by atoms with Gasteiger partial charge in [0.25, 0.3) is 0 Å². The molecule has 0 N–H and O–H groups in total. The van der Waals surface area contributed by atoms with Crippen LogP contribution in [0.1, 0.15) is 39.0 Å². The van der Waals surface area contributed by atoms with Crippen molar-refractivity contribution in [1.29, 1.82) is 0 Å². The maximum absolute atomic E-state index is 12.9. The van der Waals surface area contributed by atoms with E-state index in [-0.39, 0.29) is 29.4 Å². The average Bonchev–Trinajstić information content (AvgIpc) is 3.24. The number of sulfone groups is 1. The Kier molecular flexibility index (Phi) is 4.19. The number of rotatable bonds is 3.